The lowest BCUT2D eigenvalue weighted by Gasteiger charge is -2.37. The van der Waals surface area contributed by atoms with Crippen molar-refractivity contribution < 1.29 is 14.3 Å². The summed E-state index contributed by atoms with van der Waals surface area (Å²) in [6, 6.07) is -0.381. The molecule has 5 heteroatoms. The van der Waals surface area contributed by atoms with E-state index < -0.39 is 5.54 Å². The van der Waals surface area contributed by atoms with Crippen molar-refractivity contribution in [3.05, 3.63) is 0 Å². The van der Waals surface area contributed by atoms with E-state index in [9.17, 15) is 9.59 Å². The topological polar surface area (TPSA) is 67.4 Å². The van der Waals surface area contributed by atoms with Gasteiger partial charge >= 0.3 is 6.03 Å². The summed E-state index contributed by atoms with van der Waals surface area (Å²) < 4.78 is 5.92. The van der Waals surface area contributed by atoms with Crippen molar-refractivity contribution in [1.82, 2.24) is 10.6 Å². The van der Waals surface area contributed by atoms with Crippen LogP contribution in [0.15, 0.2) is 0 Å². The van der Waals surface area contributed by atoms with Crippen LogP contribution in [-0.2, 0) is 9.53 Å². The summed E-state index contributed by atoms with van der Waals surface area (Å²) in [4.78, 5) is 23.9. The zero-order valence-corrected chi connectivity index (χ0v) is 12.5. The van der Waals surface area contributed by atoms with Gasteiger partial charge in [0.05, 0.1) is 12.7 Å². The minimum Gasteiger partial charge on any atom is -0.375 e. The summed E-state index contributed by atoms with van der Waals surface area (Å²) >= 11 is 0. The molecule has 0 radical (unpaired) electrons. The van der Waals surface area contributed by atoms with Crippen LogP contribution in [0.1, 0.15) is 58.8 Å². The molecule has 2 fully saturated rings. The lowest BCUT2D eigenvalue weighted by molar-refractivity contribution is -0.131. The molecule has 1 aliphatic carbocycles. The van der Waals surface area contributed by atoms with Gasteiger partial charge in [0.2, 0.25) is 0 Å². The van der Waals surface area contributed by atoms with Crippen molar-refractivity contribution in [1.29, 1.82) is 0 Å². The van der Waals surface area contributed by atoms with E-state index in [0.717, 1.165) is 38.5 Å². The first-order valence-electron chi connectivity index (χ1n) is 7.87. The molecular formula is C15H26N2O3. The summed E-state index contributed by atoms with van der Waals surface area (Å²) in [6.45, 7) is 4.45. The number of rotatable bonds is 6. The Bertz CT molecular complexity index is 362. The zero-order chi connectivity index (χ0) is 14.6. The van der Waals surface area contributed by atoms with E-state index in [1.165, 1.54) is 6.42 Å². The molecule has 1 saturated carbocycles. The van der Waals surface area contributed by atoms with Crippen LogP contribution in [0.5, 0.6) is 0 Å². The van der Waals surface area contributed by atoms with Crippen LogP contribution >= 0.6 is 0 Å². The van der Waals surface area contributed by atoms with E-state index in [1.807, 2.05) is 0 Å². The van der Waals surface area contributed by atoms with Gasteiger partial charge < -0.3 is 10.1 Å². The third-order valence-corrected chi connectivity index (χ3v) is 4.73. The predicted molar refractivity (Wildman–Crippen MR) is 76.3 cm³/mol. The molecule has 0 spiro atoms. The molecule has 2 aliphatic rings. The molecule has 1 atom stereocenters. The Morgan fingerprint density at radius 3 is 2.35 bits per heavy atom. The van der Waals surface area contributed by atoms with Crippen LogP contribution in [-0.4, -0.2) is 30.2 Å². The molecule has 2 rings (SSSR count). The molecule has 0 aromatic heterocycles. The number of imide groups is 1. The van der Waals surface area contributed by atoms with Crippen LogP contribution in [0, 0.1) is 5.92 Å². The minimum atomic E-state index is -0.847. The number of nitrogens with one attached hydrogen (secondary N) is 2. The number of carbonyl (C=O) groups is 2. The largest absolute Gasteiger partial charge is 0.375 e. The van der Waals surface area contributed by atoms with E-state index in [2.05, 4.69) is 24.5 Å². The van der Waals surface area contributed by atoms with E-state index >= 15 is 0 Å². The Morgan fingerprint density at radius 1 is 1.20 bits per heavy atom. The van der Waals surface area contributed by atoms with Crippen LogP contribution < -0.4 is 10.6 Å². The van der Waals surface area contributed by atoms with Crippen molar-refractivity contribution in [2.45, 2.75) is 70.4 Å². The molecular weight excluding hydrogens is 256 g/mol. The highest BCUT2D eigenvalue weighted by Gasteiger charge is 2.52. The maximum absolute atomic E-state index is 12.3. The van der Waals surface area contributed by atoms with Crippen molar-refractivity contribution in [2.75, 3.05) is 6.61 Å². The molecule has 3 amide bonds. The Kier molecular flexibility index (Phi) is 5.02. The molecule has 1 aliphatic heterocycles. The van der Waals surface area contributed by atoms with E-state index in [-0.39, 0.29) is 24.0 Å². The van der Waals surface area contributed by atoms with Gasteiger partial charge in [0, 0.05) is 0 Å². The van der Waals surface area contributed by atoms with Crippen LogP contribution in [0.25, 0.3) is 0 Å². The van der Waals surface area contributed by atoms with Crippen LogP contribution in [0.3, 0.4) is 0 Å². The summed E-state index contributed by atoms with van der Waals surface area (Å²) in [7, 11) is 0. The molecule has 1 heterocycles. The van der Waals surface area contributed by atoms with Gasteiger partial charge in [-0.25, -0.2) is 4.79 Å². The fraction of sp³-hybridized carbons (Fsp3) is 0.867. The minimum absolute atomic E-state index is 0.153. The number of ether oxygens (including phenoxy) is 1. The van der Waals surface area contributed by atoms with Crippen molar-refractivity contribution >= 4 is 11.9 Å². The van der Waals surface area contributed by atoms with Crippen molar-refractivity contribution in [2.24, 2.45) is 5.92 Å². The monoisotopic (exact) mass is 282 g/mol. The molecule has 114 valence electrons. The highest BCUT2D eigenvalue weighted by Crippen LogP contribution is 2.35. The normalized spacial score (nSPS) is 27.8. The molecule has 1 unspecified atom stereocenters. The average molecular weight is 282 g/mol. The first-order valence-corrected chi connectivity index (χ1v) is 7.87. The quantitative estimate of drug-likeness (QED) is 0.735. The molecule has 0 aromatic rings. The number of hydrogen-bond acceptors (Lipinski definition) is 3. The fourth-order valence-electron chi connectivity index (χ4n) is 3.38. The second kappa shape index (κ2) is 6.57. The Labute approximate surface area is 120 Å². The fourth-order valence-corrected chi connectivity index (χ4v) is 3.38. The van der Waals surface area contributed by atoms with Gasteiger partial charge in [-0.1, -0.05) is 33.1 Å². The predicted octanol–water partition coefficient (Wildman–Crippen LogP) is 2.35. The third-order valence-electron chi connectivity index (χ3n) is 4.73. The van der Waals surface area contributed by atoms with Gasteiger partial charge in [-0.2, -0.15) is 0 Å². The maximum atomic E-state index is 12.3. The highest BCUT2D eigenvalue weighted by atomic mass is 16.5. The Hall–Kier alpha value is -1.10. The smallest absolute Gasteiger partial charge is 0.322 e. The second-order valence-corrected chi connectivity index (χ2v) is 5.96. The molecule has 1 saturated heterocycles. The average Bonchev–Trinajstić information content (AvgIpc) is 2.76. The highest BCUT2D eigenvalue weighted by molar-refractivity contribution is 6.07. The Balaban J connectivity index is 2.11. The number of urea groups is 1. The maximum Gasteiger partial charge on any atom is 0.322 e. The lowest BCUT2D eigenvalue weighted by Crippen LogP contribution is -2.57. The van der Waals surface area contributed by atoms with Crippen LogP contribution in [0.4, 0.5) is 4.79 Å². The van der Waals surface area contributed by atoms with Gasteiger partial charge in [-0.3, -0.25) is 10.1 Å². The van der Waals surface area contributed by atoms with Crippen molar-refractivity contribution in [3.8, 4) is 0 Å². The summed E-state index contributed by atoms with van der Waals surface area (Å²) in [6.07, 6.45) is 7.44. The van der Waals surface area contributed by atoms with E-state index in [4.69, 9.17) is 4.74 Å². The van der Waals surface area contributed by atoms with E-state index in [1.54, 1.807) is 0 Å². The van der Waals surface area contributed by atoms with Gasteiger partial charge in [0.15, 0.2) is 0 Å². The standard InChI is InChI=1S/C15H26N2O3/c1-3-12(4-2)20-10-15(11-8-6-5-7-9-11)13(18)16-14(19)17-15/h11-12H,3-10H2,1-2H3,(H2,16,17,18,19). The lowest BCUT2D eigenvalue weighted by atomic mass is 9.75. The van der Waals surface area contributed by atoms with Crippen molar-refractivity contribution in [3.63, 3.8) is 0 Å². The summed E-state index contributed by atoms with van der Waals surface area (Å²) in [5.74, 6) is -0.0163. The summed E-state index contributed by atoms with van der Waals surface area (Å²) in [5.41, 5.74) is -0.847. The molecule has 2 N–H and O–H groups in total. The Morgan fingerprint density at radius 2 is 1.85 bits per heavy atom. The van der Waals surface area contributed by atoms with Crippen LogP contribution in [0.2, 0.25) is 0 Å². The third kappa shape index (κ3) is 2.97. The second-order valence-electron chi connectivity index (χ2n) is 5.96. The molecule has 5 nitrogen and oxygen atoms in total. The first-order chi connectivity index (χ1) is 9.62. The number of carbonyl (C=O) groups excluding carboxylic acids is 2. The first kappa shape index (κ1) is 15.3. The van der Waals surface area contributed by atoms with Gasteiger partial charge in [-0.15, -0.1) is 0 Å². The van der Waals surface area contributed by atoms with Gasteiger partial charge in [0.25, 0.3) is 5.91 Å². The molecule has 20 heavy (non-hydrogen) atoms. The van der Waals surface area contributed by atoms with Gasteiger partial charge in [0.1, 0.15) is 5.54 Å². The molecule has 0 bridgehead atoms. The summed E-state index contributed by atoms with van der Waals surface area (Å²) in [5, 5.41) is 5.26. The van der Waals surface area contributed by atoms with Gasteiger partial charge in [-0.05, 0) is 31.6 Å². The zero-order valence-electron chi connectivity index (χ0n) is 12.5. The molecule has 0 aromatic carbocycles. The SMILES string of the molecule is CCC(CC)OCC1(C2CCCCC2)NC(=O)NC1=O. The van der Waals surface area contributed by atoms with E-state index in [0.29, 0.717) is 6.61 Å². The number of amides is 3. The number of hydrogen-bond donors (Lipinski definition) is 2.